The number of likely N-dealkylation sites (N-methyl/N-ethyl adjacent to an activating group) is 1. The molecule has 138 valence electrons. The number of carbonyl (C=O) groups excluding carboxylic acids is 1. The molecule has 0 N–H and O–H groups in total. The van der Waals surface area contributed by atoms with Crippen molar-refractivity contribution in [2.24, 2.45) is 0 Å². The number of benzene rings is 1. The average Bonchev–Trinajstić information content (AvgIpc) is 2.60. The van der Waals surface area contributed by atoms with Crippen LogP contribution in [0.3, 0.4) is 0 Å². The van der Waals surface area contributed by atoms with Gasteiger partial charge in [0.2, 0.25) is 0 Å². The summed E-state index contributed by atoms with van der Waals surface area (Å²) in [6, 6.07) is 10.1. The largest absolute Gasteiger partial charge is 0.377 e. The number of hydrogen-bond donors (Lipinski definition) is 0. The lowest BCUT2D eigenvalue weighted by Gasteiger charge is -2.29. The zero-order chi connectivity index (χ0) is 18.1. The summed E-state index contributed by atoms with van der Waals surface area (Å²) >= 11 is 6.48. The van der Waals surface area contributed by atoms with E-state index >= 15 is 0 Å². The Morgan fingerprint density at radius 3 is 2.68 bits per heavy atom. The molecule has 1 aromatic carbocycles. The molecule has 4 nitrogen and oxygen atoms in total. The van der Waals surface area contributed by atoms with Gasteiger partial charge in [-0.15, -0.1) is 11.6 Å². The molecule has 0 spiro atoms. The van der Waals surface area contributed by atoms with Gasteiger partial charge in [-0.3, -0.25) is 4.79 Å². The summed E-state index contributed by atoms with van der Waals surface area (Å²) in [6.45, 7) is 1.27. The number of amides is 1. The number of nitrogens with zero attached hydrogens (tertiary/aromatic N) is 1. The van der Waals surface area contributed by atoms with Crippen LogP contribution >= 0.6 is 11.6 Å². The van der Waals surface area contributed by atoms with E-state index in [-0.39, 0.29) is 17.4 Å². The van der Waals surface area contributed by atoms with E-state index in [0.29, 0.717) is 19.6 Å². The molecule has 25 heavy (non-hydrogen) atoms. The van der Waals surface area contributed by atoms with Gasteiger partial charge >= 0.3 is 0 Å². The van der Waals surface area contributed by atoms with Crippen molar-refractivity contribution < 1.29 is 14.3 Å². The first-order valence-corrected chi connectivity index (χ1v) is 9.29. The number of rotatable bonds is 7. The predicted molar refractivity (Wildman–Crippen MR) is 101 cm³/mol. The second-order valence-corrected chi connectivity index (χ2v) is 7.10. The average molecular weight is 366 g/mol. The molecule has 2 rings (SSSR count). The zero-order valence-corrected chi connectivity index (χ0v) is 15.8. The van der Waals surface area contributed by atoms with Crippen LogP contribution in [-0.4, -0.2) is 49.1 Å². The first kappa shape index (κ1) is 20.0. The van der Waals surface area contributed by atoms with Gasteiger partial charge in [0.05, 0.1) is 18.1 Å². The van der Waals surface area contributed by atoms with Crippen molar-refractivity contribution >= 4 is 17.5 Å². The van der Waals surface area contributed by atoms with E-state index in [9.17, 15) is 4.79 Å². The maximum absolute atomic E-state index is 12.2. The van der Waals surface area contributed by atoms with Crippen LogP contribution in [0.5, 0.6) is 0 Å². The molecular formula is C20H28ClNO3. The summed E-state index contributed by atoms with van der Waals surface area (Å²) in [6.07, 6.45) is 6.45. The highest BCUT2D eigenvalue weighted by Gasteiger charge is 2.28. The molecule has 0 unspecified atom stereocenters. The number of carbonyl (C=O) groups is 1. The Hall–Kier alpha value is -1.36. The van der Waals surface area contributed by atoms with Gasteiger partial charge in [0.1, 0.15) is 6.10 Å². The molecule has 3 atom stereocenters. The van der Waals surface area contributed by atoms with Crippen molar-refractivity contribution in [2.45, 2.75) is 49.9 Å². The van der Waals surface area contributed by atoms with Gasteiger partial charge in [-0.05, 0) is 24.8 Å². The number of ether oxygens (including phenoxy) is 2. The number of allylic oxidation sites excluding steroid dienone is 1. The molecular weight excluding hydrogens is 338 g/mol. The maximum atomic E-state index is 12.2. The molecule has 5 heteroatoms. The molecule has 0 radical (unpaired) electrons. The Kier molecular flexibility index (Phi) is 8.45. The normalized spacial score (nSPS) is 25.0. The minimum Gasteiger partial charge on any atom is -0.377 e. The SMILES string of the molecule is CN(C)C(=O)[C@@H]1C/C=C\C[C@@H](Cl)[C@H](CCCOCc2ccccc2)O1. The predicted octanol–water partition coefficient (Wildman–Crippen LogP) is 3.78. The van der Waals surface area contributed by atoms with Crippen LogP contribution in [0.15, 0.2) is 42.5 Å². The standard InChI is InChI=1S/C20H28ClNO3/c1-22(2)20(23)19-12-7-6-11-17(21)18(25-19)13-8-14-24-15-16-9-4-3-5-10-16/h3-7,9-10,17-19H,8,11-15H2,1-2H3/b7-6-/t17-,18+,19+/m1/s1. The third-order valence-corrected chi connectivity index (χ3v) is 4.68. The van der Waals surface area contributed by atoms with E-state index < -0.39 is 6.10 Å². The molecule has 0 aromatic heterocycles. The Morgan fingerprint density at radius 2 is 1.96 bits per heavy atom. The highest BCUT2D eigenvalue weighted by Crippen LogP contribution is 2.23. The van der Waals surface area contributed by atoms with Crippen molar-refractivity contribution in [3.63, 3.8) is 0 Å². The van der Waals surface area contributed by atoms with Crippen LogP contribution in [0.25, 0.3) is 0 Å². The van der Waals surface area contributed by atoms with Crippen LogP contribution in [0.2, 0.25) is 0 Å². The quantitative estimate of drug-likeness (QED) is 0.419. The van der Waals surface area contributed by atoms with Crippen molar-refractivity contribution in [1.82, 2.24) is 4.90 Å². The molecule has 0 aliphatic carbocycles. The topological polar surface area (TPSA) is 38.8 Å². The van der Waals surface area contributed by atoms with Gasteiger partial charge in [-0.2, -0.15) is 0 Å². The first-order chi connectivity index (χ1) is 12.1. The Morgan fingerprint density at radius 1 is 1.24 bits per heavy atom. The lowest BCUT2D eigenvalue weighted by atomic mass is 10.0. The lowest BCUT2D eigenvalue weighted by molar-refractivity contribution is -0.145. The number of hydrogen-bond acceptors (Lipinski definition) is 3. The second kappa shape index (κ2) is 10.6. The van der Waals surface area contributed by atoms with Crippen LogP contribution < -0.4 is 0 Å². The Labute approximate surface area is 155 Å². The van der Waals surface area contributed by atoms with Crippen LogP contribution in [0.4, 0.5) is 0 Å². The molecule has 1 aromatic rings. The summed E-state index contributed by atoms with van der Waals surface area (Å²) in [7, 11) is 3.50. The van der Waals surface area contributed by atoms with Crippen molar-refractivity contribution in [1.29, 1.82) is 0 Å². The van der Waals surface area contributed by atoms with E-state index in [1.165, 1.54) is 5.56 Å². The van der Waals surface area contributed by atoms with Gasteiger partial charge in [0.15, 0.2) is 0 Å². The molecule has 0 fully saturated rings. The molecule has 1 aliphatic rings. The first-order valence-electron chi connectivity index (χ1n) is 8.85. The summed E-state index contributed by atoms with van der Waals surface area (Å²) in [5, 5.41) is -0.122. The maximum Gasteiger partial charge on any atom is 0.251 e. The third-order valence-electron chi connectivity index (χ3n) is 4.23. The van der Waals surface area contributed by atoms with Crippen molar-refractivity contribution in [2.75, 3.05) is 20.7 Å². The number of alkyl halides is 1. The van der Waals surface area contributed by atoms with E-state index in [4.69, 9.17) is 21.1 Å². The van der Waals surface area contributed by atoms with Crippen molar-refractivity contribution in [3.8, 4) is 0 Å². The molecule has 1 heterocycles. The monoisotopic (exact) mass is 365 g/mol. The van der Waals surface area contributed by atoms with Gasteiger partial charge in [0.25, 0.3) is 5.91 Å². The fraction of sp³-hybridized carbons (Fsp3) is 0.550. The van der Waals surface area contributed by atoms with Crippen LogP contribution in [0.1, 0.15) is 31.2 Å². The van der Waals surface area contributed by atoms with Crippen LogP contribution in [-0.2, 0) is 20.9 Å². The van der Waals surface area contributed by atoms with Gasteiger partial charge < -0.3 is 14.4 Å². The minimum absolute atomic E-state index is 0.0132. The summed E-state index contributed by atoms with van der Waals surface area (Å²) < 4.78 is 11.8. The van der Waals surface area contributed by atoms with Crippen molar-refractivity contribution in [3.05, 3.63) is 48.0 Å². The second-order valence-electron chi connectivity index (χ2n) is 6.54. The van der Waals surface area contributed by atoms with E-state index in [0.717, 1.165) is 19.3 Å². The Bertz CT molecular complexity index is 547. The van der Waals surface area contributed by atoms with E-state index in [1.54, 1.807) is 19.0 Å². The highest BCUT2D eigenvalue weighted by atomic mass is 35.5. The summed E-state index contributed by atoms with van der Waals surface area (Å²) in [5.74, 6) is -0.0132. The molecule has 0 saturated carbocycles. The molecule has 0 saturated heterocycles. The Balaban J connectivity index is 1.79. The summed E-state index contributed by atoms with van der Waals surface area (Å²) in [5.41, 5.74) is 1.17. The summed E-state index contributed by atoms with van der Waals surface area (Å²) in [4.78, 5) is 13.8. The van der Waals surface area contributed by atoms with E-state index in [1.807, 2.05) is 24.3 Å². The highest BCUT2D eigenvalue weighted by molar-refractivity contribution is 6.21. The molecule has 1 amide bonds. The molecule has 0 bridgehead atoms. The lowest BCUT2D eigenvalue weighted by Crippen LogP contribution is -2.40. The van der Waals surface area contributed by atoms with Gasteiger partial charge in [-0.25, -0.2) is 0 Å². The molecule has 1 aliphatic heterocycles. The minimum atomic E-state index is -0.456. The van der Waals surface area contributed by atoms with Crippen LogP contribution in [0, 0.1) is 0 Å². The number of halogens is 1. The smallest absolute Gasteiger partial charge is 0.251 e. The van der Waals surface area contributed by atoms with Gasteiger partial charge in [0, 0.05) is 27.1 Å². The fourth-order valence-corrected chi connectivity index (χ4v) is 3.08. The van der Waals surface area contributed by atoms with E-state index in [2.05, 4.69) is 18.2 Å². The fourth-order valence-electron chi connectivity index (χ4n) is 2.80. The van der Waals surface area contributed by atoms with Gasteiger partial charge in [-0.1, -0.05) is 42.5 Å². The third kappa shape index (κ3) is 6.81. The zero-order valence-electron chi connectivity index (χ0n) is 15.1.